The predicted octanol–water partition coefficient (Wildman–Crippen LogP) is 3.03. The number of allylic oxidation sites excluding steroid dienone is 1. The van der Waals surface area contributed by atoms with Crippen LogP contribution in [0.1, 0.15) is 39.5 Å². The SMILES string of the molecule is CCCCCC(C)=CO. The van der Waals surface area contributed by atoms with Crippen molar-refractivity contribution in [1.29, 1.82) is 0 Å². The lowest BCUT2D eigenvalue weighted by atomic mass is 10.1. The maximum atomic E-state index is 8.47. The minimum absolute atomic E-state index is 1.05. The van der Waals surface area contributed by atoms with E-state index in [-0.39, 0.29) is 0 Å². The van der Waals surface area contributed by atoms with Crippen LogP contribution >= 0.6 is 0 Å². The van der Waals surface area contributed by atoms with Crippen LogP contribution in [-0.2, 0) is 0 Å². The van der Waals surface area contributed by atoms with Crippen molar-refractivity contribution in [2.24, 2.45) is 0 Å². The highest BCUT2D eigenvalue weighted by Crippen LogP contribution is 2.06. The highest BCUT2D eigenvalue weighted by molar-refractivity contribution is 4.91. The molecule has 0 aromatic carbocycles. The lowest BCUT2D eigenvalue weighted by Gasteiger charge is -1.96. The van der Waals surface area contributed by atoms with Crippen molar-refractivity contribution in [2.75, 3.05) is 0 Å². The van der Waals surface area contributed by atoms with Gasteiger partial charge in [-0.1, -0.05) is 19.8 Å². The normalized spacial score (nSPS) is 12.0. The summed E-state index contributed by atoms with van der Waals surface area (Å²) in [5.74, 6) is 0. The molecule has 0 unspecified atom stereocenters. The third-order valence-electron chi connectivity index (χ3n) is 1.40. The Balaban J connectivity index is 3.07. The highest BCUT2D eigenvalue weighted by Gasteiger charge is 1.87. The average Bonchev–Trinajstić information content (AvgIpc) is 1.89. The standard InChI is InChI=1S/C8H16O/c1-3-4-5-6-8(2)7-9/h7,9H,3-6H2,1-2H3. The van der Waals surface area contributed by atoms with Crippen molar-refractivity contribution < 1.29 is 5.11 Å². The summed E-state index contributed by atoms with van der Waals surface area (Å²) in [5, 5.41) is 8.47. The fourth-order valence-corrected chi connectivity index (χ4v) is 0.718. The van der Waals surface area contributed by atoms with Crippen molar-refractivity contribution in [3.05, 3.63) is 11.8 Å². The molecule has 9 heavy (non-hydrogen) atoms. The molecule has 0 saturated heterocycles. The summed E-state index contributed by atoms with van der Waals surface area (Å²) in [7, 11) is 0. The number of unbranched alkanes of at least 4 members (excludes halogenated alkanes) is 2. The molecule has 0 rings (SSSR count). The number of rotatable bonds is 4. The van der Waals surface area contributed by atoms with Crippen LogP contribution in [0.5, 0.6) is 0 Å². The summed E-state index contributed by atoms with van der Waals surface area (Å²) in [6.45, 7) is 4.13. The molecule has 0 heterocycles. The molecule has 1 N–H and O–H groups in total. The summed E-state index contributed by atoms with van der Waals surface area (Å²) < 4.78 is 0. The Morgan fingerprint density at radius 2 is 2.11 bits per heavy atom. The zero-order chi connectivity index (χ0) is 7.11. The van der Waals surface area contributed by atoms with Crippen LogP contribution in [0.2, 0.25) is 0 Å². The van der Waals surface area contributed by atoms with Gasteiger partial charge in [0, 0.05) is 0 Å². The summed E-state index contributed by atoms with van der Waals surface area (Å²) >= 11 is 0. The van der Waals surface area contributed by atoms with Gasteiger partial charge in [-0.25, -0.2) is 0 Å². The van der Waals surface area contributed by atoms with E-state index in [0.717, 1.165) is 12.0 Å². The van der Waals surface area contributed by atoms with Crippen LogP contribution in [-0.4, -0.2) is 5.11 Å². The Hall–Kier alpha value is -0.460. The number of hydrogen-bond acceptors (Lipinski definition) is 1. The summed E-state index contributed by atoms with van der Waals surface area (Å²) in [6, 6.07) is 0. The van der Waals surface area contributed by atoms with Crippen molar-refractivity contribution in [3.63, 3.8) is 0 Å². The molecular weight excluding hydrogens is 112 g/mol. The van der Waals surface area contributed by atoms with Crippen LogP contribution in [0, 0.1) is 0 Å². The minimum Gasteiger partial charge on any atom is -0.516 e. The van der Waals surface area contributed by atoms with E-state index < -0.39 is 0 Å². The van der Waals surface area contributed by atoms with Gasteiger partial charge in [-0.3, -0.25) is 0 Å². The molecule has 0 bridgehead atoms. The van der Waals surface area contributed by atoms with Gasteiger partial charge >= 0.3 is 0 Å². The summed E-state index contributed by atoms with van der Waals surface area (Å²) in [4.78, 5) is 0. The fraction of sp³-hybridized carbons (Fsp3) is 0.750. The topological polar surface area (TPSA) is 20.2 Å². The first-order chi connectivity index (χ1) is 4.31. The van der Waals surface area contributed by atoms with E-state index >= 15 is 0 Å². The fourth-order valence-electron chi connectivity index (χ4n) is 0.718. The first-order valence-corrected chi connectivity index (χ1v) is 3.61. The Bertz CT molecular complexity index is 84.6. The predicted molar refractivity (Wildman–Crippen MR) is 40.5 cm³/mol. The maximum Gasteiger partial charge on any atom is 0.0780 e. The summed E-state index contributed by atoms with van der Waals surface area (Å²) in [6.07, 6.45) is 5.98. The van der Waals surface area contributed by atoms with E-state index in [1.165, 1.54) is 25.5 Å². The van der Waals surface area contributed by atoms with Crippen LogP contribution in [0.3, 0.4) is 0 Å². The lowest BCUT2D eigenvalue weighted by molar-refractivity contribution is 0.463. The van der Waals surface area contributed by atoms with Crippen LogP contribution in [0.4, 0.5) is 0 Å². The van der Waals surface area contributed by atoms with Gasteiger partial charge in [0.1, 0.15) is 0 Å². The molecule has 0 aliphatic rings. The smallest absolute Gasteiger partial charge is 0.0780 e. The average molecular weight is 128 g/mol. The second kappa shape index (κ2) is 5.67. The Morgan fingerprint density at radius 1 is 1.44 bits per heavy atom. The van der Waals surface area contributed by atoms with E-state index in [1.807, 2.05) is 6.92 Å². The quantitative estimate of drug-likeness (QED) is 0.455. The van der Waals surface area contributed by atoms with E-state index in [0.29, 0.717) is 0 Å². The first-order valence-electron chi connectivity index (χ1n) is 3.61. The van der Waals surface area contributed by atoms with Crippen LogP contribution < -0.4 is 0 Å². The molecule has 0 aliphatic heterocycles. The molecule has 1 nitrogen and oxygen atoms in total. The number of aliphatic hydroxyl groups excluding tert-OH is 1. The molecule has 0 aromatic heterocycles. The molecule has 0 spiro atoms. The molecule has 0 fully saturated rings. The molecule has 0 amide bonds. The van der Waals surface area contributed by atoms with Crippen LogP contribution in [0.25, 0.3) is 0 Å². The summed E-state index contributed by atoms with van der Waals surface area (Å²) in [5.41, 5.74) is 1.09. The third kappa shape index (κ3) is 5.41. The third-order valence-corrected chi connectivity index (χ3v) is 1.40. The van der Waals surface area contributed by atoms with Crippen molar-refractivity contribution in [1.82, 2.24) is 0 Å². The highest BCUT2D eigenvalue weighted by atomic mass is 16.2. The molecule has 1 heteroatoms. The monoisotopic (exact) mass is 128 g/mol. The molecule has 0 aliphatic carbocycles. The number of hydrogen-bond donors (Lipinski definition) is 1. The van der Waals surface area contributed by atoms with E-state index in [4.69, 9.17) is 5.11 Å². The van der Waals surface area contributed by atoms with Gasteiger partial charge < -0.3 is 5.11 Å². The van der Waals surface area contributed by atoms with Gasteiger partial charge in [0.25, 0.3) is 0 Å². The maximum absolute atomic E-state index is 8.47. The largest absolute Gasteiger partial charge is 0.516 e. The molecule has 0 radical (unpaired) electrons. The van der Waals surface area contributed by atoms with Gasteiger partial charge in [-0.05, 0) is 25.3 Å². The lowest BCUT2D eigenvalue weighted by Crippen LogP contribution is -1.77. The molecule has 54 valence electrons. The van der Waals surface area contributed by atoms with Crippen LogP contribution in [0.15, 0.2) is 11.8 Å². The Morgan fingerprint density at radius 3 is 2.56 bits per heavy atom. The van der Waals surface area contributed by atoms with Crippen molar-refractivity contribution >= 4 is 0 Å². The van der Waals surface area contributed by atoms with E-state index in [2.05, 4.69) is 6.92 Å². The van der Waals surface area contributed by atoms with Gasteiger partial charge in [0.15, 0.2) is 0 Å². The van der Waals surface area contributed by atoms with E-state index in [9.17, 15) is 0 Å². The second-order valence-corrected chi connectivity index (χ2v) is 2.43. The molecule has 0 atom stereocenters. The molecular formula is C8H16O. The van der Waals surface area contributed by atoms with Gasteiger partial charge in [0.2, 0.25) is 0 Å². The Labute approximate surface area is 57.4 Å². The number of aliphatic hydroxyl groups is 1. The molecule has 0 aromatic rings. The minimum atomic E-state index is 1.05. The Kier molecular flexibility index (Phi) is 5.38. The molecule has 0 saturated carbocycles. The van der Waals surface area contributed by atoms with Crippen molar-refractivity contribution in [2.45, 2.75) is 39.5 Å². The zero-order valence-electron chi connectivity index (χ0n) is 6.35. The van der Waals surface area contributed by atoms with Gasteiger partial charge in [-0.15, -0.1) is 0 Å². The van der Waals surface area contributed by atoms with Gasteiger partial charge in [0.05, 0.1) is 6.26 Å². The second-order valence-electron chi connectivity index (χ2n) is 2.43. The van der Waals surface area contributed by atoms with Crippen molar-refractivity contribution in [3.8, 4) is 0 Å². The van der Waals surface area contributed by atoms with E-state index in [1.54, 1.807) is 0 Å². The first kappa shape index (κ1) is 8.54. The zero-order valence-corrected chi connectivity index (χ0v) is 6.35. The van der Waals surface area contributed by atoms with Gasteiger partial charge in [-0.2, -0.15) is 0 Å².